The van der Waals surface area contributed by atoms with Crippen molar-refractivity contribution < 1.29 is 9.59 Å². The van der Waals surface area contributed by atoms with Gasteiger partial charge < -0.3 is 16.0 Å². The summed E-state index contributed by atoms with van der Waals surface area (Å²) in [6.07, 6.45) is 2.13. The largest absolute Gasteiger partial charge is 0.352 e. The van der Waals surface area contributed by atoms with Crippen molar-refractivity contribution in [2.45, 2.75) is 38.3 Å². The molecule has 1 aliphatic heterocycles. The molecule has 0 radical (unpaired) electrons. The molecule has 2 aromatic carbocycles. The highest BCUT2D eigenvalue weighted by atomic mass is 35.5. The van der Waals surface area contributed by atoms with Crippen LogP contribution in [-0.4, -0.2) is 37.0 Å². The first-order valence-electron chi connectivity index (χ1n) is 8.88. The summed E-state index contributed by atoms with van der Waals surface area (Å²) in [4.78, 5) is 24.2. The van der Waals surface area contributed by atoms with Gasteiger partial charge in [-0.05, 0) is 42.6 Å². The zero-order valence-electron chi connectivity index (χ0n) is 15.0. The molecule has 0 aliphatic carbocycles. The maximum Gasteiger partial charge on any atom is 0.239 e. The molecule has 0 spiro atoms. The molecule has 1 aliphatic rings. The molecule has 3 N–H and O–H groups in total. The predicted octanol–water partition coefficient (Wildman–Crippen LogP) is 2.18. The van der Waals surface area contributed by atoms with Gasteiger partial charge >= 0.3 is 0 Å². The van der Waals surface area contributed by atoms with Gasteiger partial charge in [-0.1, -0.05) is 42.5 Å². The first-order valence-corrected chi connectivity index (χ1v) is 8.88. The topological polar surface area (TPSA) is 70.2 Å². The van der Waals surface area contributed by atoms with Crippen molar-refractivity contribution in [2.75, 3.05) is 13.1 Å². The quantitative estimate of drug-likeness (QED) is 0.750. The van der Waals surface area contributed by atoms with E-state index >= 15 is 0 Å². The van der Waals surface area contributed by atoms with Gasteiger partial charge in [0, 0.05) is 12.1 Å². The monoisotopic (exact) mass is 375 g/mol. The van der Waals surface area contributed by atoms with E-state index in [-0.39, 0.29) is 43.2 Å². The Labute approximate surface area is 160 Å². The van der Waals surface area contributed by atoms with E-state index in [1.807, 2.05) is 42.5 Å². The van der Waals surface area contributed by atoms with Crippen LogP contribution in [0.5, 0.6) is 0 Å². The van der Waals surface area contributed by atoms with Gasteiger partial charge in [-0.3, -0.25) is 9.59 Å². The van der Waals surface area contributed by atoms with Crippen molar-refractivity contribution in [1.82, 2.24) is 16.0 Å². The van der Waals surface area contributed by atoms with Crippen LogP contribution < -0.4 is 16.0 Å². The number of nitrogens with one attached hydrogen (secondary N) is 3. The Morgan fingerprint density at radius 1 is 1.12 bits per heavy atom. The number of carbonyl (C=O) groups excluding carboxylic acids is 2. The molecule has 2 aromatic rings. The fourth-order valence-corrected chi connectivity index (χ4v) is 3.40. The Morgan fingerprint density at radius 3 is 2.69 bits per heavy atom. The number of hydrogen-bond donors (Lipinski definition) is 3. The lowest BCUT2D eigenvalue weighted by Gasteiger charge is -2.28. The van der Waals surface area contributed by atoms with Gasteiger partial charge in [-0.2, -0.15) is 0 Å². The maximum atomic E-state index is 12.2. The second-order valence-electron chi connectivity index (χ2n) is 6.74. The van der Waals surface area contributed by atoms with Gasteiger partial charge in [0.05, 0.1) is 13.0 Å². The highest BCUT2D eigenvalue weighted by Gasteiger charge is 2.20. The summed E-state index contributed by atoms with van der Waals surface area (Å²) in [5.74, 6) is -0.254. The number of rotatable bonds is 5. The average Bonchev–Trinajstić information content (AvgIpc) is 2.60. The molecule has 1 saturated heterocycles. The summed E-state index contributed by atoms with van der Waals surface area (Å²) in [6, 6.07) is 14.6. The lowest BCUT2D eigenvalue weighted by atomic mass is 10.0. The molecule has 140 valence electrons. The number of hydrogen-bond acceptors (Lipinski definition) is 3. The third-order valence-electron chi connectivity index (χ3n) is 4.67. The van der Waals surface area contributed by atoms with Crippen LogP contribution in [-0.2, 0) is 16.0 Å². The van der Waals surface area contributed by atoms with Gasteiger partial charge in [0.15, 0.2) is 0 Å². The molecule has 26 heavy (non-hydrogen) atoms. The van der Waals surface area contributed by atoms with Crippen molar-refractivity contribution in [1.29, 1.82) is 0 Å². The summed E-state index contributed by atoms with van der Waals surface area (Å²) in [6.45, 7) is 3.06. The van der Waals surface area contributed by atoms with Crippen LogP contribution in [0.1, 0.15) is 25.3 Å². The third kappa shape index (κ3) is 5.44. The smallest absolute Gasteiger partial charge is 0.239 e. The van der Waals surface area contributed by atoms with Crippen molar-refractivity contribution in [2.24, 2.45) is 0 Å². The van der Waals surface area contributed by atoms with Crippen molar-refractivity contribution >= 4 is 35.0 Å². The molecule has 1 heterocycles. The summed E-state index contributed by atoms with van der Waals surface area (Å²) in [5, 5.41) is 11.3. The van der Waals surface area contributed by atoms with E-state index in [4.69, 9.17) is 0 Å². The van der Waals surface area contributed by atoms with Crippen LogP contribution in [0.3, 0.4) is 0 Å². The van der Waals surface area contributed by atoms with Gasteiger partial charge in [0.1, 0.15) is 0 Å². The lowest BCUT2D eigenvalue weighted by Crippen LogP contribution is -2.49. The molecule has 0 saturated carbocycles. The number of amides is 2. The fourth-order valence-electron chi connectivity index (χ4n) is 3.40. The average molecular weight is 376 g/mol. The molecule has 5 nitrogen and oxygen atoms in total. The minimum atomic E-state index is -0.134. The Balaban J connectivity index is 0.00000243. The zero-order valence-corrected chi connectivity index (χ0v) is 15.8. The number of halogens is 1. The number of benzene rings is 2. The van der Waals surface area contributed by atoms with Gasteiger partial charge in [0.25, 0.3) is 0 Å². The van der Waals surface area contributed by atoms with Gasteiger partial charge in [0.2, 0.25) is 11.8 Å². The van der Waals surface area contributed by atoms with E-state index in [9.17, 15) is 9.59 Å². The molecule has 2 atom stereocenters. The number of carbonyl (C=O) groups is 2. The highest BCUT2D eigenvalue weighted by molar-refractivity contribution is 5.91. The van der Waals surface area contributed by atoms with Crippen LogP contribution in [0.4, 0.5) is 0 Å². The van der Waals surface area contributed by atoms with Gasteiger partial charge in [-0.25, -0.2) is 0 Å². The summed E-state index contributed by atoms with van der Waals surface area (Å²) in [7, 11) is 0. The second-order valence-corrected chi connectivity index (χ2v) is 6.74. The predicted molar refractivity (Wildman–Crippen MR) is 107 cm³/mol. The number of piperidine rings is 1. The lowest BCUT2D eigenvalue weighted by molar-refractivity contribution is -0.126. The van der Waals surface area contributed by atoms with Crippen LogP contribution in [0.25, 0.3) is 10.8 Å². The molecule has 0 bridgehead atoms. The molecule has 1 fully saturated rings. The standard InChI is InChI=1S/C20H25N3O2.ClH/c1-14-11-17(9-10-21-14)23-20(25)13-22-19(24)12-16-7-4-6-15-5-2-3-8-18(15)16;/h2-8,14,17,21H,9-13H2,1H3,(H,22,24)(H,23,25);1H. The normalized spacial score (nSPS) is 19.4. The summed E-state index contributed by atoms with van der Waals surface area (Å²) >= 11 is 0. The van der Waals surface area contributed by atoms with Crippen LogP contribution in [0.15, 0.2) is 42.5 Å². The molecule has 2 amide bonds. The van der Waals surface area contributed by atoms with E-state index in [1.54, 1.807) is 0 Å². The molecular formula is C20H26ClN3O2. The molecular weight excluding hydrogens is 350 g/mol. The highest BCUT2D eigenvalue weighted by Crippen LogP contribution is 2.18. The fraction of sp³-hybridized carbons (Fsp3) is 0.400. The first kappa shape index (κ1) is 20.2. The summed E-state index contributed by atoms with van der Waals surface area (Å²) < 4.78 is 0. The van der Waals surface area contributed by atoms with E-state index < -0.39 is 0 Å². The van der Waals surface area contributed by atoms with E-state index in [0.29, 0.717) is 6.04 Å². The molecule has 6 heteroatoms. The number of fused-ring (bicyclic) bond motifs is 1. The van der Waals surface area contributed by atoms with Crippen LogP contribution in [0, 0.1) is 0 Å². The molecule has 2 unspecified atom stereocenters. The maximum absolute atomic E-state index is 12.2. The Kier molecular flexibility index (Phi) is 7.42. The van der Waals surface area contributed by atoms with Crippen LogP contribution >= 0.6 is 12.4 Å². The minimum Gasteiger partial charge on any atom is -0.352 e. The minimum absolute atomic E-state index is 0. The van der Waals surface area contributed by atoms with Crippen molar-refractivity contribution in [3.05, 3.63) is 48.0 Å². The Hall–Kier alpha value is -2.11. The van der Waals surface area contributed by atoms with E-state index in [1.165, 1.54) is 0 Å². The first-order chi connectivity index (χ1) is 12.1. The molecule has 3 rings (SSSR count). The third-order valence-corrected chi connectivity index (χ3v) is 4.67. The molecule has 0 aromatic heterocycles. The zero-order chi connectivity index (χ0) is 17.6. The van der Waals surface area contributed by atoms with Crippen LogP contribution in [0.2, 0.25) is 0 Å². The van der Waals surface area contributed by atoms with E-state index in [2.05, 4.69) is 22.9 Å². The van der Waals surface area contributed by atoms with E-state index in [0.717, 1.165) is 35.7 Å². The Morgan fingerprint density at radius 2 is 1.88 bits per heavy atom. The van der Waals surface area contributed by atoms with Crippen molar-refractivity contribution in [3.63, 3.8) is 0 Å². The summed E-state index contributed by atoms with van der Waals surface area (Å²) in [5.41, 5.74) is 0.975. The second kappa shape index (κ2) is 9.55. The van der Waals surface area contributed by atoms with Gasteiger partial charge in [-0.15, -0.1) is 12.4 Å². The SMILES string of the molecule is CC1CC(NC(=O)CNC(=O)Cc2cccc3ccccc23)CCN1.Cl. The van der Waals surface area contributed by atoms with Crippen molar-refractivity contribution in [3.8, 4) is 0 Å². The Bertz CT molecular complexity index is 760.